The third kappa shape index (κ3) is 9.62. The van der Waals surface area contributed by atoms with Crippen molar-refractivity contribution in [3.05, 3.63) is 0 Å². The van der Waals surface area contributed by atoms with Crippen LogP contribution < -0.4 is 0 Å². The van der Waals surface area contributed by atoms with E-state index in [0.29, 0.717) is 0 Å². The van der Waals surface area contributed by atoms with Crippen molar-refractivity contribution in [1.29, 1.82) is 0 Å². The van der Waals surface area contributed by atoms with Gasteiger partial charge < -0.3 is 12.3 Å². The van der Waals surface area contributed by atoms with E-state index in [4.69, 9.17) is 12.3 Å². The molecule has 0 saturated carbocycles. The van der Waals surface area contributed by atoms with Crippen LogP contribution in [0, 0.1) is 0 Å². The fraction of sp³-hybridized carbons (Fsp3) is 1.00. The van der Waals surface area contributed by atoms with E-state index < -0.39 is 35.3 Å². The van der Waals surface area contributed by atoms with Crippen LogP contribution in [0.5, 0.6) is 0 Å². The van der Waals surface area contributed by atoms with Gasteiger partial charge in [-0.1, -0.05) is 32.4 Å². The first-order valence-corrected chi connectivity index (χ1v) is 17.7. The highest BCUT2D eigenvalue weighted by Gasteiger charge is 2.36. The van der Waals surface area contributed by atoms with Gasteiger partial charge in [0.1, 0.15) is 0 Å². The first-order valence-electron chi connectivity index (χ1n) is 5.38. The highest BCUT2D eigenvalue weighted by atomic mass is 33.2. The molecular formula is C9H27BO3S6. The molecule has 0 fully saturated rings. The average Bonchev–Trinajstić information content (AvgIpc) is 2.27. The largest absolute Gasteiger partial charge is 0.672 e. The molecule has 120 valence electrons. The minimum atomic E-state index is -1.21. The average molecular weight is 387 g/mol. The highest BCUT2D eigenvalue weighted by molar-refractivity contribution is 8.93. The summed E-state index contributed by atoms with van der Waals surface area (Å²) in [6.45, 7) is 0. The first-order chi connectivity index (χ1) is 8.47. The van der Waals surface area contributed by atoms with Crippen LogP contribution in [-0.2, 0) is 12.3 Å². The Morgan fingerprint density at radius 2 is 0.789 bits per heavy atom. The molecule has 0 aliphatic carbocycles. The van der Waals surface area contributed by atoms with Gasteiger partial charge in [-0.05, 0) is 56.3 Å². The molecule has 0 aliphatic heterocycles. The fourth-order valence-corrected chi connectivity index (χ4v) is 3.77. The van der Waals surface area contributed by atoms with Crippen LogP contribution in [-0.4, -0.2) is 63.6 Å². The Bertz CT molecular complexity index is 234. The molecule has 0 aliphatic rings. The standard InChI is InChI=1S/C9H27BO3S6/c1-14-17(4,5)11-10(12-18(6,7)15-2)13-19(8,9)16-3/h1-9H3. The predicted octanol–water partition coefficient (Wildman–Crippen LogP) is 4.79. The highest BCUT2D eigenvalue weighted by Crippen LogP contribution is 2.61. The van der Waals surface area contributed by atoms with Gasteiger partial charge in [0.2, 0.25) is 0 Å². The van der Waals surface area contributed by atoms with E-state index in [9.17, 15) is 0 Å². The molecule has 3 nitrogen and oxygen atoms in total. The number of rotatable bonds is 9. The molecule has 0 aromatic rings. The monoisotopic (exact) mass is 386 g/mol. The van der Waals surface area contributed by atoms with E-state index in [0.717, 1.165) is 0 Å². The van der Waals surface area contributed by atoms with E-state index in [2.05, 4.69) is 56.3 Å². The lowest BCUT2D eigenvalue weighted by Crippen LogP contribution is -2.28. The van der Waals surface area contributed by atoms with Crippen molar-refractivity contribution in [3.8, 4) is 0 Å². The summed E-state index contributed by atoms with van der Waals surface area (Å²) in [5, 5.41) is 0. The van der Waals surface area contributed by atoms with Gasteiger partial charge in [0.25, 0.3) is 0 Å². The van der Waals surface area contributed by atoms with Gasteiger partial charge >= 0.3 is 7.32 Å². The van der Waals surface area contributed by atoms with Crippen LogP contribution in [0.3, 0.4) is 0 Å². The Hall–Kier alpha value is 2.04. The molecular weight excluding hydrogens is 359 g/mol. The lowest BCUT2D eigenvalue weighted by atomic mass is 10.3. The third-order valence-electron chi connectivity index (χ3n) is 2.14. The summed E-state index contributed by atoms with van der Waals surface area (Å²) < 4.78 is 18.2. The molecule has 0 bridgehead atoms. The summed E-state index contributed by atoms with van der Waals surface area (Å²) in [7, 11) is 0.994. The van der Waals surface area contributed by atoms with E-state index in [-0.39, 0.29) is 0 Å². The molecule has 0 atom stereocenters. The van der Waals surface area contributed by atoms with Crippen molar-refractivity contribution < 1.29 is 12.3 Å². The second kappa shape index (κ2) is 8.62. The van der Waals surface area contributed by atoms with Gasteiger partial charge in [0, 0.05) is 0 Å². The van der Waals surface area contributed by atoms with Crippen LogP contribution in [0.1, 0.15) is 0 Å². The van der Waals surface area contributed by atoms with E-state index in [1.807, 2.05) is 0 Å². The molecule has 0 aromatic carbocycles. The molecule has 19 heavy (non-hydrogen) atoms. The first kappa shape index (κ1) is 21.0. The zero-order chi connectivity index (χ0) is 15.3. The van der Waals surface area contributed by atoms with Crippen LogP contribution in [0.25, 0.3) is 0 Å². The minimum absolute atomic E-state index is 0.577. The second-order valence-electron chi connectivity index (χ2n) is 4.51. The van der Waals surface area contributed by atoms with Crippen molar-refractivity contribution in [2.24, 2.45) is 0 Å². The van der Waals surface area contributed by atoms with E-state index >= 15 is 0 Å². The number of hydrogen-bond acceptors (Lipinski definition) is 6. The van der Waals surface area contributed by atoms with Gasteiger partial charge in [0.15, 0.2) is 0 Å². The molecule has 0 spiro atoms. The maximum Gasteiger partial charge on any atom is 0.672 e. The van der Waals surface area contributed by atoms with Crippen molar-refractivity contribution in [2.75, 3.05) is 56.3 Å². The summed E-state index contributed by atoms with van der Waals surface area (Å²) in [6, 6.07) is 0. The minimum Gasteiger partial charge on any atom is -0.327 e. The van der Waals surface area contributed by atoms with E-state index in [1.165, 1.54) is 0 Å². The fourth-order valence-electron chi connectivity index (χ4n) is 0.734. The maximum absolute atomic E-state index is 6.08. The Balaban J connectivity index is 4.84. The summed E-state index contributed by atoms with van der Waals surface area (Å²) in [6.07, 6.45) is 18.9. The molecule has 0 N–H and O–H groups in total. The van der Waals surface area contributed by atoms with Gasteiger partial charge in [-0.25, -0.2) is 0 Å². The third-order valence-corrected chi connectivity index (χ3v) is 14.3. The van der Waals surface area contributed by atoms with Crippen molar-refractivity contribution in [1.82, 2.24) is 0 Å². The summed E-state index contributed by atoms with van der Waals surface area (Å²) in [4.78, 5) is 0. The van der Waals surface area contributed by atoms with Gasteiger partial charge in [-0.2, -0.15) is 0 Å². The van der Waals surface area contributed by atoms with Crippen LogP contribution in [0.4, 0.5) is 0 Å². The molecule has 0 heterocycles. The van der Waals surface area contributed by atoms with Crippen molar-refractivity contribution >= 4 is 67.7 Å². The lowest BCUT2D eigenvalue weighted by Gasteiger charge is -2.39. The maximum atomic E-state index is 6.08. The smallest absolute Gasteiger partial charge is 0.327 e. The van der Waals surface area contributed by atoms with E-state index in [1.54, 1.807) is 32.4 Å². The van der Waals surface area contributed by atoms with Crippen LogP contribution in [0.15, 0.2) is 0 Å². The van der Waals surface area contributed by atoms with Crippen molar-refractivity contribution in [2.45, 2.75) is 0 Å². The van der Waals surface area contributed by atoms with Gasteiger partial charge in [-0.3, -0.25) is 0 Å². The van der Waals surface area contributed by atoms with Gasteiger partial charge in [0.05, 0.1) is 0 Å². The van der Waals surface area contributed by atoms with Crippen molar-refractivity contribution in [3.63, 3.8) is 0 Å². The van der Waals surface area contributed by atoms with Gasteiger partial charge in [-0.15, -0.1) is 28.0 Å². The van der Waals surface area contributed by atoms with Crippen LogP contribution in [0.2, 0.25) is 0 Å². The molecule has 0 unspecified atom stereocenters. The predicted molar refractivity (Wildman–Crippen MR) is 108 cm³/mol. The van der Waals surface area contributed by atoms with Crippen LogP contribution >= 0.6 is 60.4 Å². The Kier molecular flexibility index (Phi) is 9.55. The Morgan fingerprint density at radius 3 is 0.947 bits per heavy atom. The zero-order valence-corrected chi connectivity index (χ0v) is 18.2. The summed E-state index contributed by atoms with van der Waals surface area (Å²) in [5.41, 5.74) is 0. The molecule has 0 rings (SSSR count). The SMILES string of the molecule is CSS(C)(C)OB(OS(C)(C)SC)OS(C)(C)SC. The topological polar surface area (TPSA) is 27.7 Å². The zero-order valence-electron chi connectivity index (χ0n) is 13.3. The Morgan fingerprint density at radius 1 is 0.579 bits per heavy atom. The second-order valence-corrected chi connectivity index (χ2v) is 23.2. The molecule has 0 amide bonds. The molecule has 0 saturated heterocycles. The number of hydrogen-bond donors (Lipinski definition) is 0. The molecule has 0 radical (unpaired) electrons. The molecule has 10 heteroatoms. The summed E-state index contributed by atoms with van der Waals surface area (Å²) >= 11 is 0. The quantitative estimate of drug-likeness (QED) is 0.418. The molecule has 0 aromatic heterocycles. The normalized spacial score (nSPS) is 16.3. The Labute approximate surface area is 135 Å². The lowest BCUT2D eigenvalue weighted by molar-refractivity contribution is 0.370. The summed E-state index contributed by atoms with van der Waals surface area (Å²) in [5.74, 6) is 0.